The number of carbonyl (C=O) groups is 1. The molecule has 5 nitrogen and oxygen atoms in total. The van der Waals surface area contributed by atoms with Gasteiger partial charge in [0.15, 0.2) is 0 Å². The molecule has 1 atom stereocenters. The Bertz CT molecular complexity index is 501. The molecule has 2 amide bonds. The average Bonchev–Trinajstić information content (AvgIpc) is 2.97. The standard InChI is InChI=1S/C16H24N2O3S/c19-13-16(8-4-5-9-16)18-15(20)17-10-11-22(21)12-14-6-2-1-3-7-14/h1-3,6-7,19H,4-5,8-13H2,(H2,17,18,20)/t22-/m1/s1. The number of urea groups is 1. The Morgan fingerprint density at radius 3 is 2.55 bits per heavy atom. The van der Waals surface area contributed by atoms with Crippen LogP contribution in [-0.4, -0.2) is 39.8 Å². The molecule has 3 N–H and O–H groups in total. The van der Waals surface area contributed by atoms with Gasteiger partial charge in [0.1, 0.15) is 0 Å². The summed E-state index contributed by atoms with van der Waals surface area (Å²) in [6.07, 6.45) is 3.69. The second-order valence-electron chi connectivity index (χ2n) is 5.80. The van der Waals surface area contributed by atoms with E-state index < -0.39 is 16.3 Å². The first-order chi connectivity index (χ1) is 10.6. The monoisotopic (exact) mass is 324 g/mol. The number of hydrogen-bond donors (Lipinski definition) is 3. The molecule has 1 aliphatic carbocycles. The van der Waals surface area contributed by atoms with Gasteiger partial charge < -0.3 is 15.7 Å². The van der Waals surface area contributed by atoms with Gasteiger partial charge in [-0.1, -0.05) is 43.2 Å². The summed E-state index contributed by atoms with van der Waals surface area (Å²) in [4.78, 5) is 11.9. The van der Waals surface area contributed by atoms with Crippen LogP contribution in [0.25, 0.3) is 0 Å². The van der Waals surface area contributed by atoms with Crippen LogP contribution in [-0.2, 0) is 16.6 Å². The maximum absolute atomic E-state index is 12.0. The molecule has 1 aromatic rings. The molecule has 0 bridgehead atoms. The Labute approximate surface area is 134 Å². The van der Waals surface area contributed by atoms with Crippen LogP contribution in [0.3, 0.4) is 0 Å². The SMILES string of the molecule is O=C(NCC[S@@](=O)Cc1ccccc1)NC1(CO)CCCC1. The van der Waals surface area contributed by atoms with E-state index in [-0.39, 0.29) is 12.6 Å². The van der Waals surface area contributed by atoms with Crippen molar-refractivity contribution in [1.29, 1.82) is 0 Å². The summed E-state index contributed by atoms with van der Waals surface area (Å²) in [5.74, 6) is 0.930. The van der Waals surface area contributed by atoms with Gasteiger partial charge in [-0.05, 0) is 18.4 Å². The quantitative estimate of drug-likeness (QED) is 0.712. The lowest BCUT2D eigenvalue weighted by atomic mass is 9.99. The van der Waals surface area contributed by atoms with Crippen molar-refractivity contribution in [2.75, 3.05) is 18.9 Å². The molecule has 0 heterocycles. The lowest BCUT2D eigenvalue weighted by Crippen LogP contribution is -2.53. The average molecular weight is 324 g/mol. The molecule has 6 heteroatoms. The van der Waals surface area contributed by atoms with Crippen LogP contribution >= 0.6 is 0 Å². The predicted octanol–water partition coefficient (Wildman–Crippen LogP) is 1.54. The molecule has 22 heavy (non-hydrogen) atoms. The van der Waals surface area contributed by atoms with Gasteiger partial charge in [0.05, 0.1) is 12.1 Å². The van der Waals surface area contributed by atoms with Gasteiger partial charge >= 0.3 is 6.03 Å². The van der Waals surface area contributed by atoms with Gasteiger partial charge in [0.2, 0.25) is 0 Å². The lowest BCUT2D eigenvalue weighted by Gasteiger charge is -2.27. The molecule has 2 rings (SSSR count). The van der Waals surface area contributed by atoms with Gasteiger partial charge in [-0.25, -0.2) is 4.79 Å². The topological polar surface area (TPSA) is 78.4 Å². The normalized spacial score (nSPS) is 17.9. The van der Waals surface area contributed by atoms with Crippen molar-refractivity contribution in [1.82, 2.24) is 10.6 Å². The van der Waals surface area contributed by atoms with Gasteiger partial charge in [0, 0.05) is 28.9 Å². The maximum Gasteiger partial charge on any atom is 0.315 e. The van der Waals surface area contributed by atoms with Crippen molar-refractivity contribution in [2.24, 2.45) is 0 Å². The maximum atomic E-state index is 12.0. The number of hydrogen-bond acceptors (Lipinski definition) is 3. The van der Waals surface area contributed by atoms with Crippen LogP contribution in [0.4, 0.5) is 4.79 Å². The highest BCUT2D eigenvalue weighted by Gasteiger charge is 2.34. The molecular formula is C16H24N2O3S. The second-order valence-corrected chi connectivity index (χ2v) is 7.38. The zero-order valence-electron chi connectivity index (χ0n) is 12.7. The number of rotatable bonds is 7. The number of nitrogens with one attached hydrogen (secondary N) is 2. The zero-order valence-corrected chi connectivity index (χ0v) is 13.5. The van der Waals surface area contributed by atoms with Crippen molar-refractivity contribution in [3.8, 4) is 0 Å². The van der Waals surface area contributed by atoms with Gasteiger partial charge in [0.25, 0.3) is 0 Å². The van der Waals surface area contributed by atoms with E-state index in [0.29, 0.717) is 18.1 Å². The fourth-order valence-corrected chi connectivity index (χ4v) is 3.81. The van der Waals surface area contributed by atoms with E-state index >= 15 is 0 Å². The number of benzene rings is 1. The fraction of sp³-hybridized carbons (Fsp3) is 0.562. The van der Waals surface area contributed by atoms with Crippen LogP contribution in [0, 0.1) is 0 Å². The number of amides is 2. The van der Waals surface area contributed by atoms with Crippen molar-refractivity contribution < 1.29 is 14.1 Å². The summed E-state index contributed by atoms with van der Waals surface area (Å²) < 4.78 is 12.0. The van der Waals surface area contributed by atoms with E-state index in [1.54, 1.807) is 0 Å². The third-order valence-corrected chi connectivity index (χ3v) is 5.34. The number of carbonyl (C=O) groups excluding carboxylic acids is 1. The molecule has 1 fully saturated rings. The predicted molar refractivity (Wildman–Crippen MR) is 88.0 cm³/mol. The minimum Gasteiger partial charge on any atom is -0.394 e. The van der Waals surface area contributed by atoms with Crippen molar-refractivity contribution in [3.05, 3.63) is 35.9 Å². The third kappa shape index (κ3) is 5.10. The molecule has 0 spiro atoms. The molecule has 0 unspecified atom stereocenters. The Hall–Kier alpha value is -1.40. The summed E-state index contributed by atoms with van der Waals surface area (Å²) in [7, 11) is -0.995. The Morgan fingerprint density at radius 2 is 1.91 bits per heavy atom. The summed E-state index contributed by atoms with van der Waals surface area (Å²) in [5.41, 5.74) is 0.572. The third-order valence-electron chi connectivity index (χ3n) is 4.03. The Morgan fingerprint density at radius 1 is 1.23 bits per heavy atom. The minimum absolute atomic E-state index is 0.0274. The molecule has 1 aromatic carbocycles. The fourth-order valence-electron chi connectivity index (χ4n) is 2.77. The van der Waals surface area contributed by atoms with Crippen LogP contribution in [0.5, 0.6) is 0 Å². The van der Waals surface area contributed by atoms with Crippen LogP contribution in [0.2, 0.25) is 0 Å². The van der Waals surface area contributed by atoms with E-state index in [9.17, 15) is 14.1 Å². The zero-order chi connectivity index (χ0) is 15.8. The molecule has 1 saturated carbocycles. The summed E-state index contributed by atoms with van der Waals surface area (Å²) in [6.45, 7) is 0.340. The van der Waals surface area contributed by atoms with Crippen LogP contribution in [0.1, 0.15) is 31.2 Å². The van der Waals surface area contributed by atoms with Crippen molar-refractivity contribution in [3.63, 3.8) is 0 Å². The Kier molecular flexibility index (Phi) is 6.39. The van der Waals surface area contributed by atoms with E-state index in [1.165, 1.54) is 0 Å². The van der Waals surface area contributed by atoms with E-state index in [4.69, 9.17) is 0 Å². The Balaban J connectivity index is 1.67. The highest BCUT2D eigenvalue weighted by molar-refractivity contribution is 7.84. The smallest absolute Gasteiger partial charge is 0.315 e. The van der Waals surface area contributed by atoms with Crippen LogP contribution in [0.15, 0.2) is 30.3 Å². The number of aliphatic hydroxyl groups excluding tert-OH is 1. The van der Waals surface area contributed by atoms with Gasteiger partial charge in [-0.2, -0.15) is 0 Å². The highest BCUT2D eigenvalue weighted by atomic mass is 32.2. The van der Waals surface area contributed by atoms with E-state index in [0.717, 1.165) is 31.2 Å². The summed E-state index contributed by atoms with van der Waals surface area (Å²) >= 11 is 0. The van der Waals surface area contributed by atoms with Crippen LogP contribution < -0.4 is 10.6 Å². The first-order valence-electron chi connectivity index (χ1n) is 7.69. The minimum atomic E-state index is -0.995. The van der Waals surface area contributed by atoms with Crippen molar-refractivity contribution >= 4 is 16.8 Å². The molecule has 0 saturated heterocycles. The lowest BCUT2D eigenvalue weighted by molar-refractivity contribution is 0.163. The molecule has 0 aliphatic heterocycles. The first kappa shape index (κ1) is 17.0. The largest absolute Gasteiger partial charge is 0.394 e. The molecule has 122 valence electrons. The molecule has 1 aliphatic rings. The van der Waals surface area contributed by atoms with E-state index in [2.05, 4.69) is 10.6 Å². The second kappa shape index (κ2) is 8.29. The molecule has 0 radical (unpaired) electrons. The highest BCUT2D eigenvalue weighted by Crippen LogP contribution is 2.28. The molecular weight excluding hydrogens is 300 g/mol. The number of aliphatic hydroxyl groups is 1. The van der Waals surface area contributed by atoms with Gasteiger partial charge in [-0.15, -0.1) is 0 Å². The van der Waals surface area contributed by atoms with Gasteiger partial charge in [-0.3, -0.25) is 4.21 Å². The molecule has 0 aromatic heterocycles. The van der Waals surface area contributed by atoms with E-state index in [1.807, 2.05) is 30.3 Å². The first-order valence-corrected chi connectivity index (χ1v) is 9.18. The summed E-state index contributed by atoms with van der Waals surface area (Å²) in [6, 6.07) is 9.39. The summed E-state index contributed by atoms with van der Waals surface area (Å²) in [5, 5.41) is 15.0. The van der Waals surface area contributed by atoms with Crippen molar-refractivity contribution in [2.45, 2.75) is 37.0 Å².